The molecule has 2 heterocycles. The molecule has 28 heavy (non-hydrogen) atoms. The van der Waals surface area contributed by atoms with E-state index >= 15 is 0 Å². The predicted octanol–water partition coefficient (Wildman–Crippen LogP) is 5.50. The lowest BCUT2D eigenvalue weighted by Gasteiger charge is -2.10. The van der Waals surface area contributed by atoms with Crippen molar-refractivity contribution >= 4 is 40.4 Å². The third kappa shape index (κ3) is 3.70. The molecule has 0 fully saturated rings. The SMILES string of the molecule is O=[N+]([O-])c1ccc(/C=N\Nc2cc(-c3ccccc3)c3cc(Cl)ccc3n2)o1. The number of nitro groups is 1. The quantitative estimate of drug-likeness (QED) is 0.275. The van der Waals surface area contributed by atoms with E-state index in [0.717, 1.165) is 22.0 Å². The number of furan rings is 1. The normalized spacial score (nSPS) is 11.2. The second-order valence-electron chi connectivity index (χ2n) is 5.89. The number of nitrogens with one attached hydrogen (secondary N) is 1. The number of aromatic nitrogens is 1. The third-order valence-corrected chi connectivity index (χ3v) is 4.25. The molecule has 0 saturated heterocycles. The molecular formula is C20H13ClN4O3. The Morgan fingerprint density at radius 3 is 2.68 bits per heavy atom. The molecular weight excluding hydrogens is 380 g/mol. The summed E-state index contributed by atoms with van der Waals surface area (Å²) in [6, 6.07) is 20.0. The maximum atomic E-state index is 10.7. The molecule has 2 aromatic carbocycles. The lowest BCUT2D eigenvalue weighted by Crippen LogP contribution is -1.95. The summed E-state index contributed by atoms with van der Waals surface area (Å²) >= 11 is 6.17. The second-order valence-corrected chi connectivity index (χ2v) is 6.32. The van der Waals surface area contributed by atoms with Crippen LogP contribution >= 0.6 is 11.6 Å². The van der Waals surface area contributed by atoms with Gasteiger partial charge in [0.2, 0.25) is 0 Å². The molecule has 2 aromatic heterocycles. The second kappa shape index (κ2) is 7.50. The Kier molecular flexibility index (Phi) is 4.74. The van der Waals surface area contributed by atoms with Gasteiger partial charge in [0.25, 0.3) is 0 Å². The molecule has 0 aliphatic rings. The van der Waals surface area contributed by atoms with Crippen molar-refractivity contribution in [3.8, 4) is 11.1 Å². The standard InChI is InChI=1S/C20H13ClN4O3/c21-14-6-8-18-17(10-14)16(13-4-2-1-3-5-13)11-19(23-18)24-22-12-15-7-9-20(28-15)25(26)27/h1-12H,(H,23,24)/b22-12-. The summed E-state index contributed by atoms with van der Waals surface area (Å²) in [4.78, 5) is 14.6. The fraction of sp³-hybridized carbons (Fsp3) is 0. The molecule has 4 rings (SSSR count). The zero-order valence-corrected chi connectivity index (χ0v) is 15.1. The van der Waals surface area contributed by atoms with Crippen LogP contribution in [0.25, 0.3) is 22.0 Å². The number of benzene rings is 2. The van der Waals surface area contributed by atoms with Crippen LogP contribution < -0.4 is 5.43 Å². The molecule has 138 valence electrons. The average molecular weight is 393 g/mol. The summed E-state index contributed by atoms with van der Waals surface area (Å²) < 4.78 is 5.04. The molecule has 0 radical (unpaired) electrons. The molecule has 0 aliphatic carbocycles. The van der Waals surface area contributed by atoms with Crippen molar-refractivity contribution < 1.29 is 9.34 Å². The minimum absolute atomic E-state index is 0.259. The van der Waals surface area contributed by atoms with Crippen LogP contribution in [0.15, 0.2) is 76.2 Å². The Labute approximate surface area is 164 Å². The Balaban J connectivity index is 1.68. The summed E-state index contributed by atoms with van der Waals surface area (Å²) in [6.45, 7) is 0. The van der Waals surface area contributed by atoms with Gasteiger partial charge < -0.3 is 4.42 Å². The van der Waals surface area contributed by atoms with E-state index in [1.54, 1.807) is 6.07 Å². The number of fused-ring (bicyclic) bond motifs is 1. The molecule has 8 heteroatoms. The molecule has 0 atom stereocenters. The highest BCUT2D eigenvalue weighted by Crippen LogP contribution is 2.31. The third-order valence-electron chi connectivity index (χ3n) is 4.02. The Hall–Kier alpha value is -3.71. The van der Waals surface area contributed by atoms with E-state index in [9.17, 15) is 10.1 Å². The zero-order chi connectivity index (χ0) is 19.5. The van der Waals surface area contributed by atoms with Gasteiger partial charge >= 0.3 is 5.88 Å². The van der Waals surface area contributed by atoms with Gasteiger partial charge in [0.15, 0.2) is 5.76 Å². The smallest absolute Gasteiger partial charge is 0.400 e. The van der Waals surface area contributed by atoms with Crippen LogP contribution in [-0.2, 0) is 0 Å². The topological polar surface area (TPSA) is 93.6 Å². The Morgan fingerprint density at radius 1 is 1.11 bits per heavy atom. The minimum atomic E-state index is -0.604. The molecule has 4 aromatic rings. The number of nitrogens with zero attached hydrogens (tertiary/aromatic N) is 3. The van der Waals surface area contributed by atoms with Crippen LogP contribution in [0.5, 0.6) is 0 Å². The number of hydrogen-bond acceptors (Lipinski definition) is 6. The van der Waals surface area contributed by atoms with Crippen LogP contribution in [0.4, 0.5) is 11.7 Å². The summed E-state index contributed by atoms with van der Waals surface area (Å²) in [7, 11) is 0. The summed E-state index contributed by atoms with van der Waals surface area (Å²) in [5.41, 5.74) is 5.58. The van der Waals surface area contributed by atoms with Gasteiger partial charge in [-0.15, -0.1) is 0 Å². The number of rotatable bonds is 5. The fourth-order valence-corrected chi connectivity index (χ4v) is 2.96. The minimum Gasteiger partial charge on any atom is -0.400 e. The number of pyridine rings is 1. The number of anilines is 1. The van der Waals surface area contributed by atoms with Crippen LogP contribution in [0.3, 0.4) is 0 Å². The van der Waals surface area contributed by atoms with Crippen LogP contribution in [0, 0.1) is 10.1 Å². The number of halogens is 1. The van der Waals surface area contributed by atoms with Gasteiger partial charge in [-0.1, -0.05) is 41.9 Å². The van der Waals surface area contributed by atoms with E-state index in [1.807, 2.05) is 48.5 Å². The molecule has 0 bridgehead atoms. The summed E-state index contributed by atoms with van der Waals surface area (Å²) in [6.07, 6.45) is 1.35. The monoisotopic (exact) mass is 392 g/mol. The first kappa shape index (κ1) is 17.7. The molecule has 1 N–H and O–H groups in total. The van der Waals surface area contributed by atoms with Crippen LogP contribution in [0.1, 0.15) is 5.76 Å². The maximum Gasteiger partial charge on any atom is 0.433 e. The molecule has 0 aliphatic heterocycles. The van der Waals surface area contributed by atoms with E-state index < -0.39 is 4.92 Å². The van der Waals surface area contributed by atoms with E-state index in [4.69, 9.17) is 16.0 Å². The molecule has 0 saturated carbocycles. The highest BCUT2D eigenvalue weighted by Gasteiger charge is 2.11. The highest BCUT2D eigenvalue weighted by atomic mass is 35.5. The van der Waals surface area contributed by atoms with Crippen molar-refractivity contribution in [3.05, 3.63) is 87.6 Å². The van der Waals surface area contributed by atoms with Gasteiger partial charge in [-0.05, 0) is 41.5 Å². The molecule has 0 unspecified atom stereocenters. The van der Waals surface area contributed by atoms with E-state index in [0.29, 0.717) is 10.8 Å². The largest absolute Gasteiger partial charge is 0.433 e. The first-order chi connectivity index (χ1) is 13.6. The van der Waals surface area contributed by atoms with Crippen molar-refractivity contribution in [2.45, 2.75) is 0 Å². The van der Waals surface area contributed by atoms with Gasteiger partial charge in [0.05, 0.1) is 17.8 Å². The van der Waals surface area contributed by atoms with Gasteiger partial charge in [0.1, 0.15) is 10.7 Å². The Bertz CT molecular complexity index is 1190. The van der Waals surface area contributed by atoms with Crippen molar-refractivity contribution in [2.24, 2.45) is 5.10 Å². The summed E-state index contributed by atoms with van der Waals surface area (Å²) in [5, 5.41) is 16.3. The maximum absolute atomic E-state index is 10.7. The highest BCUT2D eigenvalue weighted by molar-refractivity contribution is 6.31. The zero-order valence-electron chi connectivity index (χ0n) is 14.4. The van der Waals surface area contributed by atoms with E-state index in [2.05, 4.69) is 15.5 Å². The van der Waals surface area contributed by atoms with Gasteiger partial charge in [-0.25, -0.2) is 4.98 Å². The lowest BCUT2D eigenvalue weighted by molar-refractivity contribution is -0.402. The van der Waals surface area contributed by atoms with Crippen LogP contribution in [-0.4, -0.2) is 16.1 Å². The molecule has 0 amide bonds. The van der Waals surface area contributed by atoms with E-state index in [1.165, 1.54) is 18.3 Å². The average Bonchev–Trinajstić information content (AvgIpc) is 3.18. The van der Waals surface area contributed by atoms with Crippen molar-refractivity contribution in [2.75, 3.05) is 5.43 Å². The number of hydrogen-bond donors (Lipinski definition) is 1. The van der Waals surface area contributed by atoms with Gasteiger partial charge in [0, 0.05) is 10.4 Å². The first-order valence-electron chi connectivity index (χ1n) is 8.29. The van der Waals surface area contributed by atoms with Crippen molar-refractivity contribution in [1.29, 1.82) is 0 Å². The molecule has 0 spiro atoms. The number of hydrazone groups is 1. The first-order valence-corrected chi connectivity index (χ1v) is 8.67. The fourth-order valence-electron chi connectivity index (χ4n) is 2.78. The van der Waals surface area contributed by atoms with Gasteiger partial charge in [-0.2, -0.15) is 5.10 Å². The van der Waals surface area contributed by atoms with Gasteiger partial charge in [-0.3, -0.25) is 15.5 Å². The van der Waals surface area contributed by atoms with Crippen LogP contribution in [0.2, 0.25) is 5.02 Å². The lowest BCUT2D eigenvalue weighted by atomic mass is 10.0. The van der Waals surface area contributed by atoms with Crippen molar-refractivity contribution in [3.63, 3.8) is 0 Å². The Morgan fingerprint density at radius 2 is 1.93 bits per heavy atom. The predicted molar refractivity (Wildman–Crippen MR) is 109 cm³/mol. The summed E-state index contributed by atoms with van der Waals surface area (Å²) in [5.74, 6) is 0.439. The van der Waals surface area contributed by atoms with Crippen molar-refractivity contribution in [1.82, 2.24) is 4.98 Å². The molecule has 7 nitrogen and oxygen atoms in total. The van der Waals surface area contributed by atoms with E-state index in [-0.39, 0.29) is 11.6 Å².